The van der Waals surface area contributed by atoms with E-state index in [2.05, 4.69) is 32.9 Å². The molecule has 0 atom stereocenters. The number of carboxylic acids is 1. The molecular weight excluding hydrogens is 383 g/mol. The van der Waals surface area contributed by atoms with Gasteiger partial charge in [-0.2, -0.15) is 0 Å². The molecule has 21 heavy (non-hydrogen) atoms. The molecule has 2 aromatic rings. The molecule has 6 heteroatoms. The zero-order chi connectivity index (χ0) is 15.4. The Kier molecular flexibility index (Phi) is 4.89. The van der Waals surface area contributed by atoms with Gasteiger partial charge in [0.05, 0.1) is 23.4 Å². The number of aryl methyl sites for hydroxylation is 1. The molecule has 5 nitrogen and oxygen atoms in total. The molecule has 0 spiro atoms. The van der Waals surface area contributed by atoms with Gasteiger partial charge in [-0.3, -0.25) is 9.78 Å². The number of carbonyl (C=O) groups is 2. The summed E-state index contributed by atoms with van der Waals surface area (Å²) in [4.78, 5) is 27.1. The summed E-state index contributed by atoms with van der Waals surface area (Å²) >= 11 is 2.13. The Morgan fingerprint density at radius 3 is 2.81 bits per heavy atom. The average molecular weight is 396 g/mol. The summed E-state index contributed by atoms with van der Waals surface area (Å²) in [7, 11) is 0. The standard InChI is InChI=1S/C15H13IN2O3/c1-9-3-2-4-12(13(9)16)14(19)18-8-11-7-10(15(20)21)5-6-17-11/h2-7H,8H2,1H3,(H,18,19)(H,20,21). The Balaban J connectivity index is 2.09. The normalized spacial score (nSPS) is 10.2. The Hall–Kier alpha value is -1.96. The fraction of sp³-hybridized carbons (Fsp3) is 0.133. The average Bonchev–Trinajstić information content (AvgIpc) is 2.48. The number of halogens is 1. The quantitative estimate of drug-likeness (QED) is 0.779. The van der Waals surface area contributed by atoms with Gasteiger partial charge in [0, 0.05) is 9.77 Å². The van der Waals surface area contributed by atoms with Crippen LogP contribution in [0.3, 0.4) is 0 Å². The summed E-state index contributed by atoms with van der Waals surface area (Å²) in [5.41, 5.74) is 2.30. The highest BCUT2D eigenvalue weighted by molar-refractivity contribution is 14.1. The van der Waals surface area contributed by atoms with E-state index in [0.717, 1.165) is 9.13 Å². The van der Waals surface area contributed by atoms with Gasteiger partial charge in [-0.1, -0.05) is 12.1 Å². The van der Waals surface area contributed by atoms with Gasteiger partial charge in [0.25, 0.3) is 5.91 Å². The van der Waals surface area contributed by atoms with Gasteiger partial charge in [0.15, 0.2) is 0 Å². The van der Waals surface area contributed by atoms with Gasteiger partial charge in [-0.05, 0) is 53.3 Å². The molecule has 1 aromatic carbocycles. The first-order valence-corrected chi connectivity index (χ1v) is 7.28. The second kappa shape index (κ2) is 6.66. The van der Waals surface area contributed by atoms with Crippen molar-refractivity contribution in [2.24, 2.45) is 0 Å². The molecule has 0 aliphatic heterocycles. The van der Waals surface area contributed by atoms with E-state index in [1.165, 1.54) is 18.3 Å². The summed E-state index contributed by atoms with van der Waals surface area (Å²) < 4.78 is 0.903. The lowest BCUT2D eigenvalue weighted by Crippen LogP contribution is -2.24. The third-order valence-electron chi connectivity index (χ3n) is 2.93. The number of amides is 1. The number of rotatable bonds is 4. The maximum atomic E-state index is 12.1. The number of aromatic nitrogens is 1. The Morgan fingerprint density at radius 1 is 1.33 bits per heavy atom. The summed E-state index contributed by atoms with van der Waals surface area (Å²) in [6.45, 7) is 2.13. The lowest BCUT2D eigenvalue weighted by molar-refractivity contribution is 0.0696. The first kappa shape index (κ1) is 15.4. The topological polar surface area (TPSA) is 79.3 Å². The summed E-state index contributed by atoms with van der Waals surface area (Å²) in [6.07, 6.45) is 1.42. The highest BCUT2D eigenvalue weighted by Gasteiger charge is 2.11. The van der Waals surface area contributed by atoms with Crippen LogP contribution >= 0.6 is 22.6 Å². The summed E-state index contributed by atoms with van der Waals surface area (Å²) in [5.74, 6) is -1.22. The van der Waals surface area contributed by atoms with Crippen LogP contribution in [0.4, 0.5) is 0 Å². The fourth-order valence-corrected chi connectivity index (χ4v) is 2.40. The molecule has 1 heterocycles. The maximum absolute atomic E-state index is 12.1. The van der Waals surface area contributed by atoms with Crippen LogP contribution < -0.4 is 5.32 Å². The molecule has 0 bridgehead atoms. The Labute approximate surface area is 135 Å². The molecule has 1 aromatic heterocycles. The van der Waals surface area contributed by atoms with Gasteiger partial charge >= 0.3 is 5.97 Å². The van der Waals surface area contributed by atoms with E-state index < -0.39 is 5.97 Å². The number of aromatic carboxylic acids is 1. The number of nitrogens with zero attached hydrogens (tertiary/aromatic N) is 1. The lowest BCUT2D eigenvalue weighted by Gasteiger charge is -2.08. The van der Waals surface area contributed by atoms with E-state index in [-0.39, 0.29) is 18.0 Å². The van der Waals surface area contributed by atoms with Crippen molar-refractivity contribution in [3.8, 4) is 0 Å². The van der Waals surface area contributed by atoms with Crippen molar-refractivity contribution in [3.05, 3.63) is 62.5 Å². The maximum Gasteiger partial charge on any atom is 0.335 e. The van der Waals surface area contributed by atoms with Gasteiger partial charge in [0.2, 0.25) is 0 Å². The largest absolute Gasteiger partial charge is 0.478 e. The van der Waals surface area contributed by atoms with Gasteiger partial charge < -0.3 is 10.4 Å². The third kappa shape index (κ3) is 3.78. The van der Waals surface area contributed by atoms with E-state index in [0.29, 0.717) is 11.3 Å². The van der Waals surface area contributed by atoms with Crippen LogP contribution in [-0.4, -0.2) is 22.0 Å². The molecule has 0 saturated carbocycles. The van der Waals surface area contributed by atoms with Gasteiger partial charge in [0.1, 0.15) is 0 Å². The third-order valence-corrected chi connectivity index (χ3v) is 4.36. The second-order valence-electron chi connectivity index (χ2n) is 4.46. The summed E-state index contributed by atoms with van der Waals surface area (Å²) in [6, 6.07) is 8.39. The van der Waals surface area contributed by atoms with Crippen molar-refractivity contribution in [1.82, 2.24) is 10.3 Å². The van der Waals surface area contributed by atoms with E-state index in [1.54, 1.807) is 6.07 Å². The van der Waals surface area contributed by atoms with Crippen molar-refractivity contribution >= 4 is 34.5 Å². The molecule has 2 N–H and O–H groups in total. The molecule has 0 fully saturated rings. The SMILES string of the molecule is Cc1cccc(C(=O)NCc2cc(C(=O)O)ccn2)c1I. The number of carboxylic acid groups (broad SMARTS) is 1. The molecular formula is C15H13IN2O3. The van der Waals surface area contributed by atoms with Crippen molar-refractivity contribution in [3.63, 3.8) is 0 Å². The highest BCUT2D eigenvalue weighted by Crippen LogP contribution is 2.16. The van der Waals surface area contributed by atoms with Gasteiger partial charge in [-0.25, -0.2) is 4.79 Å². The first-order valence-electron chi connectivity index (χ1n) is 6.20. The number of benzene rings is 1. The number of hydrogen-bond acceptors (Lipinski definition) is 3. The summed E-state index contributed by atoms with van der Waals surface area (Å²) in [5, 5.41) is 11.7. The van der Waals surface area contributed by atoms with Crippen LogP contribution in [0.25, 0.3) is 0 Å². The molecule has 0 radical (unpaired) electrons. The van der Waals surface area contributed by atoms with Crippen LogP contribution in [-0.2, 0) is 6.54 Å². The van der Waals surface area contributed by atoms with E-state index in [4.69, 9.17) is 5.11 Å². The van der Waals surface area contributed by atoms with Crippen LogP contribution in [0.5, 0.6) is 0 Å². The minimum absolute atomic E-state index is 0.152. The van der Waals surface area contributed by atoms with Crippen molar-refractivity contribution in [2.75, 3.05) is 0 Å². The molecule has 1 amide bonds. The first-order chi connectivity index (χ1) is 9.99. The predicted octanol–water partition coefficient (Wildman–Crippen LogP) is 2.62. The minimum atomic E-state index is -1.02. The fourth-order valence-electron chi connectivity index (χ4n) is 1.80. The lowest BCUT2D eigenvalue weighted by atomic mass is 10.1. The van der Waals surface area contributed by atoms with Crippen molar-refractivity contribution < 1.29 is 14.7 Å². The molecule has 0 saturated heterocycles. The van der Waals surface area contributed by atoms with Crippen LogP contribution in [0, 0.1) is 10.5 Å². The molecule has 0 unspecified atom stereocenters. The van der Waals surface area contributed by atoms with E-state index in [1.807, 2.05) is 19.1 Å². The monoisotopic (exact) mass is 396 g/mol. The van der Waals surface area contributed by atoms with Crippen LogP contribution in [0.1, 0.15) is 32.0 Å². The van der Waals surface area contributed by atoms with Crippen LogP contribution in [0.2, 0.25) is 0 Å². The molecule has 0 aliphatic carbocycles. The molecule has 0 aliphatic rings. The zero-order valence-electron chi connectivity index (χ0n) is 11.3. The number of hydrogen-bond donors (Lipinski definition) is 2. The Bertz CT molecular complexity index is 701. The highest BCUT2D eigenvalue weighted by atomic mass is 127. The van der Waals surface area contributed by atoms with Crippen molar-refractivity contribution in [2.45, 2.75) is 13.5 Å². The van der Waals surface area contributed by atoms with Crippen molar-refractivity contribution in [1.29, 1.82) is 0 Å². The van der Waals surface area contributed by atoms with Crippen LogP contribution in [0.15, 0.2) is 36.5 Å². The number of nitrogens with one attached hydrogen (secondary N) is 1. The van der Waals surface area contributed by atoms with E-state index in [9.17, 15) is 9.59 Å². The molecule has 2 rings (SSSR count). The second-order valence-corrected chi connectivity index (χ2v) is 5.54. The predicted molar refractivity (Wildman–Crippen MR) is 86.3 cm³/mol. The smallest absolute Gasteiger partial charge is 0.335 e. The number of carbonyl (C=O) groups excluding carboxylic acids is 1. The molecule has 108 valence electrons. The van der Waals surface area contributed by atoms with E-state index >= 15 is 0 Å². The number of pyridine rings is 1. The zero-order valence-corrected chi connectivity index (χ0v) is 13.4. The Morgan fingerprint density at radius 2 is 2.10 bits per heavy atom. The van der Waals surface area contributed by atoms with Gasteiger partial charge in [-0.15, -0.1) is 0 Å². The minimum Gasteiger partial charge on any atom is -0.478 e.